The summed E-state index contributed by atoms with van der Waals surface area (Å²) < 4.78 is 9.88. The molecule has 1 heterocycles. The van der Waals surface area contributed by atoms with E-state index in [-0.39, 0.29) is 6.10 Å². The van der Waals surface area contributed by atoms with Crippen molar-refractivity contribution >= 4 is 12.1 Å². The molecule has 2 aliphatic rings. The molecular weight excluding hydrogens is 214 g/mol. The first-order valence-corrected chi connectivity index (χ1v) is 5.29. The molecule has 2 fully saturated rings. The van der Waals surface area contributed by atoms with Crippen LogP contribution in [-0.4, -0.2) is 43.0 Å². The fourth-order valence-corrected chi connectivity index (χ4v) is 2.48. The van der Waals surface area contributed by atoms with Gasteiger partial charge in [-0.2, -0.15) is 0 Å². The normalized spacial score (nSPS) is 33.4. The van der Waals surface area contributed by atoms with E-state index in [0.717, 1.165) is 12.8 Å². The van der Waals surface area contributed by atoms with E-state index in [9.17, 15) is 9.59 Å². The number of aliphatic carboxylic acids is 1. The second-order valence-corrected chi connectivity index (χ2v) is 4.31. The molecule has 6 nitrogen and oxygen atoms in total. The summed E-state index contributed by atoms with van der Waals surface area (Å²) in [6.45, 7) is 0.678. The van der Waals surface area contributed by atoms with Gasteiger partial charge in [-0.05, 0) is 19.3 Å². The Morgan fingerprint density at radius 2 is 2.38 bits per heavy atom. The summed E-state index contributed by atoms with van der Waals surface area (Å²) in [6.07, 6.45) is 1.58. The molecule has 2 unspecified atom stereocenters. The molecule has 0 aromatic rings. The van der Waals surface area contributed by atoms with E-state index >= 15 is 0 Å². The van der Waals surface area contributed by atoms with Gasteiger partial charge in [-0.25, -0.2) is 9.59 Å². The van der Waals surface area contributed by atoms with Gasteiger partial charge in [0.05, 0.1) is 13.2 Å². The van der Waals surface area contributed by atoms with Crippen molar-refractivity contribution < 1.29 is 24.2 Å². The zero-order chi connectivity index (χ0) is 11.8. The number of carbonyl (C=O) groups is 2. The molecule has 1 aliphatic carbocycles. The highest BCUT2D eigenvalue weighted by Gasteiger charge is 2.64. The topological polar surface area (TPSA) is 84.9 Å². The number of alkyl carbamates (subject to hydrolysis) is 1. The van der Waals surface area contributed by atoms with Gasteiger partial charge in [0.15, 0.2) is 0 Å². The van der Waals surface area contributed by atoms with Gasteiger partial charge in [-0.15, -0.1) is 0 Å². The van der Waals surface area contributed by atoms with Crippen molar-refractivity contribution in [1.82, 2.24) is 5.32 Å². The monoisotopic (exact) mass is 229 g/mol. The van der Waals surface area contributed by atoms with Gasteiger partial charge in [-0.3, -0.25) is 0 Å². The highest BCUT2D eigenvalue weighted by molar-refractivity contribution is 5.81. The molecule has 6 heteroatoms. The smallest absolute Gasteiger partial charge is 0.407 e. The maximum absolute atomic E-state index is 11.2. The largest absolute Gasteiger partial charge is 0.480 e. The Bertz CT molecular complexity index is 318. The summed E-state index contributed by atoms with van der Waals surface area (Å²) in [5, 5.41) is 11.5. The van der Waals surface area contributed by atoms with Crippen LogP contribution in [0.2, 0.25) is 0 Å². The average Bonchev–Trinajstić information content (AvgIpc) is 3.00. The summed E-state index contributed by atoms with van der Waals surface area (Å²) in [5.41, 5.74) is -0.418. The van der Waals surface area contributed by atoms with E-state index in [0.29, 0.717) is 13.0 Å². The molecule has 0 aromatic carbocycles. The molecule has 0 radical (unpaired) electrons. The van der Waals surface area contributed by atoms with Gasteiger partial charge >= 0.3 is 12.1 Å². The summed E-state index contributed by atoms with van der Waals surface area (Å²) in [4.78, 5) is 22.2. The molecule has 0 aromatic heterocycles. The molecule has 2 rings (SSSR count). The molecule has 2 N–H and O–H groups in total. The Morgan fingerprint density at radius 3 is 2.94 bits per heavy atom. The number of carboxylic acids is 1. The van der Waals surface area contributed by atoms with Crippen LogP contribution >= 0.6 is 0 Å². The van der Waals surface area contributed by atoms with Crippen LogP contribution in [0.5, 0.6) is 0 Å². The Labute approximate surface area is 92.9 Å². The third-order valence-corrected chi connectivity index (χ3v) is 3.42. The quantitative estimate of drug-likeness (QED) is 0.730. The van der Waals surface area contributed by atoms with Gasteiger partial charge < -0.3 is 19.9 Å². The van der Waals surface area contributed by atoms with E-state index in [1.807, 2.05) is 0 Å². The van der Waals surface area contributed by atoms with Gasteiger partial charge in [0.25, 0.3) is 0 Å². The Kier molecular flexibility index (Phi) is 2.75. The van der Waals surface area contributed by atoms with Crippen molar-refractivity contribution in [2.24, 2.45) is 5.41 Å². The lowest BCUT2D eigenvalue weighted by atomic mass is 9.89. The van der Waals surface area contributed by atoms with E-state index in [1.165, 1.54) is 7.11 Å². The van der Waals surface area contributed by atoms with Gasteiger partial charge in [-0.1, -0.05) is 0 Å². The fourth-order valence-electron chi connectivity index (χ4n) is 2.48. The van der Waals surface area contributed by atoms with Crippen LogP contribution in [0.15, 0.2) is 0 Å². The Morgan fingerprint density at radius 1 is 1.62 bits per heavy atom. The zero-order valence-electron chi connectivity index (χ0n) is 9.06. The number of fused-ring (bicyclic) bond motifs is 1. The lowest BCUT2D eigenvalue weighted by molar-refractivity contribution is -0.142. The number of hydrogen-bond acceptors (Lipinski definition) is 4. The second kappa shape index (κ2) is 3.93. The minimum atomic E-state index is -1.03. The van der Waals surface area contributed by atoms with Gasteiger partial charge in [0.2, 0.25) is 0 Å². The van der Waals surface area contributed by atoms with Gasteiger partial charge in [0, 0.05) is 12.0 Å². The Hall–Kier alpha value is -1.30. The Balaban J connectivity index is 2.08. The molecular formula is C10H15NO5. The van der Waals surface area contributed by atoms with Crippen LogP contribution in [0.4, 0.5) is 4.79 Å². The predicted octanol–water partition coefficient (Wildman–Crippen LogP) is 0.365. The number of carbonyl (C=O) groups excluding carboxylic acids is 1. The molecule has 16 heavy (non-hydrogen) atoms. The van der Waals surface area contributed by atoms with Crippen LogP contribution in [0.25, 0.3) is 0 Å². The number of methoxy groups -OCH3 is 1. The number of ether oxygens (including phenoxy) is 2. The summed E-state index contributed by atoms with van der Waals surface area (Å²) in [7, 11) is 1.22. The molecule has 3 atom stereocenters. The minimum absolute atomic E-state index is 0.0282. The molecule has 1 amide bonds. The van der Waals surface area contributed by atoms with Crippen molar-refractivity contribution in [3.63, 3.8) is 0 Å². The number of nitrogens with one attached hydrogen (secondary N) is 1. The van der Waals surface area contributed by atoms with Crippen LogP contribution in [-0.2, 0) is 14.3 Å². The summed E-state index contributed by atoms with van der Waals surface area (Å²) in [5.74, 6) is -1.03. The third-order valence-electron chi connectivity index (χ3n) is 3.42. The average molecular weight is 229 g/mol. The molecule has 1 aliphatic heterocycles. The molecule has 90 valence electrons. The van der Waals surface area contributed by atoms with Crippen molar-refractivity contribution in [3.8, 4) is 0 Å². The number of rotatable bonds is 3. The van der Waals surface area contributed by atoms with Crippen molar-refractivity contribution in [3.05, 3.63) is 0 Å². The van der Waals surface area contributed by atoms with Crippen molar-refractivity contribution in [1.29, 1.82) is 0 Å². The first-order chi connectivity index (χ1) is 7.60. The predicted molar refractivity (Wildman–Crippen MR) is 53.0 cm³/mol. The highest BCUT2D eigenvalue weighted by atomic mass is 16.5. The van der Waals surface area contributed by atoms with E-state index in [4.69, 9.17) is 9.84 Å². The van der Waals surface area contributed by atoms with Crippen LogP contribution in [0.3, 0.4) is 0 Å². The van der Waals surface area contributed by atoms with Crippen molar-refractivity contribution in [2.45, 2.75) is 31.4 Å². The number of carboxylic acid groups (broad SMARTS) is 1. The number of hydrogen-bond donors (Lipinski definition) is 2. The SMILES string of the molecule is COC(=O)N[C@H](C(=O)O)C12CCCOC1C2. The second-order valence-electron chi connectivity index (χ2n) is 4.31. The molecule has 0 spiro atoms. The molecule has 1 saturated heterocycles. The first-order valence-electron chi connectivity index (χ1n) is 5.29. The standard InChI is InChI=1S/C10H15NO5/c1-15-9(14)11-7(8(12)13)10-3-2-4-16-6(10)5-10/h6-7H,2-5H2,1H3,(H,11,14)(H,12,13)/t6?,7-,10?/m1/s1. The summed E-state index contributed by atoms with van der Waals surface area (Å²) >= 11 is 0. The maximum atomic E-state index is 11.2. The van der Waals surface area contributed by atoms with Crippen LogP contribution in [0, 0.1) is 5.41 Å². The van der Waals surface area contributed by atoms with Crippen molar-refractivity contribution in [2.75, 3.05) is 13.7 Å². The lowest BCUT2D eigenvalue weighted by Crippen LogP contribution is -2.49. The zero-order valence-corrected chi connectivity index (χ0v) is 9.06. The van der Waals surface area contributed by atoms with E-state index in [1.54, 1.807) is 0 Å². The van der Waals surface area contributed by atoms with Gasteiger partial charge in [0.1, 0.15) is 6.04 Å². The maximum Gasteiger partial charge on any atom is 0.407 e. The van der Waals surface area contributed by atoms with E-state index < -0.39 is 23.5 Å². The fraction of sp³-hybridized carbons (Fsp3) is 0.800. The van der Waals surface area contributed by atoms with Crippen LogP contribution < -0.4 is 5.32 Å². The lowest BCUT2D eigenvalue weighted by Gasteiger charge is -2.28. The van der Waals surface area contributed by atoms with Crippen LogP contribution in [0.1, 0.15) is 19.3 Å². The van der Waals surface area contributed by atoms with E-state index in [2.05, 4.69) is 10.1 Å². The third kappa shape index (κ3) is 1.73. The summed E-state index contributed by atoms with van der Waals surface area (Å²) in [6, 6.07) is -0.912. The minimum Gasteiger partial charge on any atom is -0.480 e. The molecule has 1 saturated carbocycles. The number of amides is 1. The highest BCUT2D eigenvalue weighted by Crippen LogP contribution is 2.57. The first kappa shape index (κ1) is 11.2. The molecule has 0 bridgehead atoms.